The Kier molecular flexibility index (Phi) is 5.05. The van der Waals surface area contributed by atoms with Gasteiger partial charge in [0.1, 0.15) is 11.5 Å². The van der Waals surface area contributed by atoms with Gasteiger partial charge in [-0.05, 0) is 25.1 Å². The first kappa shape index (κ1) is 17.0. The van der Waals surface area contributed by atoms with E-state index in [4.69, 9.17) is 16.3 Å². The number of amides is 1. The van der Waals surface area contributed by atoms with Gasteiger partial charge in [0.05, 0.1) is 11.6 Å². The predicted octanol–water partition coefficient (Wildman–Crippen LogP) is 3.80. The third-order valence-corrected chi connectivity index (χ3v) is 2.91. The van der Waals surface area contributed by atoms with Gasteiger partial charge in [-0.2, -0.15) is 13.2 Å². The predicted molar refractivity (Wildman–Crippen MR) is 77.6 cm³/mol. The lowest BCUT2D eigenvalue weighted by Crippen LogP contribution is -2.17. The summed E-state index contributed by atoms with van der Waals surface area (Å²) in [6.07, 6.45) is -4.61. The highest BCUT2D eigenvalue weighted by Gasteiger charge is 2.32. The Bertz CT molecular complexity index is 723. The Labute approximate surface area is 134 Å². The van der Waals surface area contributed by atoms with E-state index in [1.54, 1.807) is 6.92 Å². The molecule has 0 bridgehead atoms. The van der Waals surface area contributed by atoms with Crippen molar-refractivity contribution < 1.29 is 22.7 Å². The van der Waals surface area contributed by atoms with Crippen molar-refractivity contribution in [2.24, 2.45) is 0 Å². The lowest BCUT2D eigenvalue weighted by atomic mass is 10.3. The summed E-state index contributed by atoms with van der Waals surface area (Å²) in [4.78, 5) is 19.4. The summed E-state index contributed by atoms with van der Waals surface area (Å²) in [6.45, 7) is 2.08. The lowest BCUT2D eigenvalue weighted by molar-refractivity contribution is -0.141. The van der Waals surface area contributed by atoms with E-state index in [0.717, 1.165) is 12.1 Å². The smallest absolute Gasteiger partial charge is 0.433 e. The highest BCUT2D eigenvalue weighted by molar-refractivity contribution is 6.34. The summed E-state index contributed by atoms with van der Waals surface area (Å²) in [5.74, 6) is -0.869. The quantitative estimate of drug-likeness (QED) is 0.915. The molecule has 0 fully saturated rings. The minimum absolute atomic E-state index is 0.0397. The van der Waals surface area contributed by atoms with Gasteiger partial charge in [-0.25, -0.2) is 9.97 Å². The summed E-state index contributed by atoms with van der Waals surface area (Å²) in [7, 11) is 0. The lowest BCUT2D eigenvalue weighted by Gasteiger charge is -2.10. The molecular formula is C14H11ClF3N3O2. The number of rotatable bonds is 4. The molecule has 2 heterocycles. The molecule has 0 saturated heterocycles. The number of alkyl halides is 3. The van der Waals surface area contributed by atoms with Crippen molar-refractivity contribution in [1.29, 1.82) is 0 Å². The molecule has 5 nitrogen and oxygen atoms in total. The molecule has 0 saturated carbocycles. The summed E-state index contributed by atoms with van der Waals surface area (Å²) in [5.41, 5.74) is -1.28. The number of nitrogens with one attached hydrogen (secondary N) is 1. The van der Waals surface area contributed by atoms with Crippen molar-refractivity contribution in [3.63, 3.8) is 0 Å². The molecule has 0 aliphatic rings. The molecule has 122 valence electrons. The van der Waals surface area contributed by atoms with Crippen LogP contribution in [0.1, 0.15) is 23.1 Å². The minimum atomic E-state index is -4.61. The maximum atomic E-state index is 12.6. The molecular weight excluding hydrogens is 335 g/mol. The van der Waals surface area contributed by atoms with Gasteiger partial charge in [-0.15, -0.1) is 0 Å². The van der Waals surface area contributed by atoms with Crippen molar-refractivity contribution in [2.45, 2.75) is 13.1 Å². The number of nitrogens with zero attached hydrogens (tertiary/aromatic N) is 2. The van der Waals surface area contributed by atoms with E-state index < -0.39 is 17.8 Å². The Hall–Kier alpha value is -2.35. The van der Waals surface area contributed by atoms with Crippen LogP contribution < -0.4 is 10.1 Å². The maximum absolute atomic E-state index is 12.6. The normalized spacial score (nSPS) is 11.2. The third-order valence-electron chi connectivity index (χ3n) is 2.61. The first-order valence-corrected chi connectivity index (χ1v) is 6.84. The van der Waals surface area contributed by atoms with Crippen LogP contribution in [0, 0.1) is 0 Å². The zero-order chi connectivity index (χ0) is 17.0. The number of ether oxygens (including phenoxy) is 1. The zero-order valence-corrected chi connectivity index (χ0v) is 12.6. The van der Waals surface area contributed by atoms with Crippen molar-refractivity contribution in [2.75, 3.05) is 11.9 Å². The number of hydrogen-bond donors (Lipinski definition) is 1. The summed E-state index contributed by atoms with van der Waals surface area (Å²) in [5, 5.41) is 2.27. The molecule has 2 aromatic heterocycles. The first-order chi connectivity index (χ1) is 10.8. The van der Waals surface area contributed by atoms with Crippen LogP contribution in [0.3, 0.4) is 0 Å². The molecule has 0 aliphatic carbocycles. The Balaban J connectivity index is 2.24. The number of carbonyl (C=O) groups excluding carboxylic acids is 1. The second-order valence-electron chi connectivity index (χ2n) is 4.27. The molecule has 0 atom stereocenters. The van der Waals surface area contributed by atoms with E-state index in [9.17, 15) is 18.0 Å². The van der Waals surface area contributed by atoms with Gasteiger partial charge in [-0.3, -0.25) is 4.79 Å². The van der Waals surface area contributed by atoms with Crippen LogP contribution in [-0.4, -0.2) is 22.5 Å². The SMILES string of the molecule is CCOc1ccc(Cl)c(C(=O)Nc2cccc(C(F)(F)F)n2)n1. The van der Waals surface area contributed by atoms with Crippen LogP contribution >= 0.6 is 11.6 Å². The number of anilines is 1. The molecule has 0 aliphatic heterocycles. The number of carbonyl (C=O) groups is 1. The molecule has 2 aromatic rings. The second kappa shape index (κ2) is 6.82. The number of hydrogen-bond acceptors (Lipinski definition) is 4. The molecule has 0 aromatic carbocycles. The molecule has 0 unspecified atom stereocenters. The van der Waals surface area contributed by atoms with Gasteiger partial charge in [-0.1, -0.05) is 17.7 Å². The number of aromatic nitrogens is 2. The van der Waals surface area contributed by atoms with Crippen LogP contribution in [-0.2, 0) is 6.18 Å². The van der Waals surface area contributed by atoms with Gasteiger partial charge in [0.15, 0.2) is 5.69 Å². The first-order valence-electron chi connectivity index (χ1n) is 6.46. The summed E-state index contributed by atoms with van der Waals surface area (Å²) < 4.78 is 43.0. The average Bonchev–Trinajstić information content (AvgIpc) is 2.49. The highest BCUT2D eigenvalue weighted by atomic mass is 35.5. The van der Waals surface area contributed by atoms with Crippen molar-refractivity contribution in [1.82, 2.24) is 9.97 Å². The summed E-state index contributed by atoms with van der Waals surface area (Å²) in [6, 6.07) is 6.06. The third kappa shape index (κ3) is 4.32. The Morgan fingerprint density at radius 3 is 2.65 bits per heavy atom. The van der Waals surface area contributed by atoms with Gasteiger partial charge < -0.3 is 10.1 Å². The van der Waals surface area contributed by atoms with E-state index in [1.165, 1.54) is 18.2 Å². The minimum Gasteiger partial charge on any atom is -0.478 e. The van der Waals surface area contributed by atoms with E-state index in [1.807, 2.05) is 0 Å². The zero-order valence-electron chi connectivity index (χ0n) is 11.8. The topological polar surface area (TPSA) is 64.1 Å². The highest BCUT2D eigenvalue weighted by Crippen LogP contribution is 2.28. The van der Waals surface area contributed by atoms with Crippen molar-refractivity contribution in [3.8, 4) is 5.88 Å². The largest absolute Gasteiger partial charge is 0.478 e. The molecule has 0 radical (unpaired) electrons. The van der Waals surface area contributed by atoms with Gasteiger partial charge in [0, 0.05) is 6.07 Å². The molecule has 1 amide bonds. The Morgan fingerprint density at radius 2 is 2.00 bits per heavy atom. The molecule has 2 rings (SSSR count). The van der Waals surface area contributed by atoms with E-state index in [2.05, 4.69) is 15.3 Å². The maximum Gasteiger partial charge on any atom is 0.433 e. The van der Waals surface area contributed by atoms with E-state index >= 15 is 0 Å². The molecule has 1 N–H and O–H groups in total. The van der Waals surface area contributed by atoms with E-state index in [0.29, 0.717) is 6.61 Å². The average molecular weight is 346 g/mol. The van der Waals surface area contributed by atoms with Crippen LogP contribution in [0.15, 0.2) is 30.3 Å². The number of halogens is 4. The number of pyridine rings is 2. The van der Waals surface area contributed by atoms with Gasteiger partial charge in [0.25, 0.3) is 5.91 Å². The van der Waals surface area contributed by atoms with Gasteiger partial charge >= 0.3 is 6.18 Å². The van der Waals surface area contributed by atoms with Crippen LogP contribution in [0.4, 0.5) is 19.0 Å². The van der Waals surface area contributed by atoms with Crippen LogP contribution in [0.25, 0.3) is 0 Å². The molecule has 9 heteroatoms. The Morgan fingerprint density at radius 1 is 1.26 bits per heavy atom. The monoisotopic (exact) mass is 345 g/mol. The standard InChI is InChI=1S/C14H11ClF3N3O2/c1-2-23-11-7-6-8(15)12(21-11)13(22)20-10-5-3-4-9(19-10)14(16,17)18/h3-7H,2H2,1H3,(H,19,20,22). The summed E-state index contributed by atoms with van der Waals surface area (Å²) >= 11 is 5.88. The van der Waals surface area contributed by atoms with Crippen molar-refractivity contribution >= 4 is 23.3 Å². The molecule has 23 heavy (non-hydrogen) atoms. The van der Waals surface area contributed by atoms with Crippen LogP contribution in [0.2, 0.25) is 5.02 Å². The molecule has 0 spiro atoms. The fourth-order valence-corrected chi connectivity index (χ4v) is 1.84. The van der Waals surface area contributed by atoms with Crippen molar-refractivity contribution in [3.05, 3.63) is 46.7 Å². The van der Waals surface area contributed by atoms with E-state index in [-0.39, 0.29) is 22.4 Å². The van der Waals surface area contributed by atoms with Gasteiger partial charge in [0.2, 0.25) is 5.88 Å². The second-order valence-corrected chi connectivity index (χ2v) is 4.68. The fraction of sp³-hybridized carbons (Fsp3) is 0.214. The fourth-order valence-electron chi connectivity index (χ4n) is 1.65. The van der Waals surface area contributed by atoms with Crippen LogP contribution in [0.5, 0.6) is 5.88 Å².